The predicted molar refractivity (Wildman–Crippen MR) is 120 cm³/mol. The van der Waals surface area contributed by atoms with Gasteiger partial charge in [0.2, 0.25) is 0 Å². The Hall–Kier alpha value is -5.08. The number of benzene rings is 3. The molecule has 8 nitrogen and oxygen atoms in total. The normalized spacial score (nSPS) is 10.7. The molecule has 0 N–H and O–H groups in total. The summed E-state index contributed by atoms with van der Waals surface area (Å²) in [6, 6.07) is 19.5. The van der Waals surface area contributed by atoms with Crippen LogP contribution in [0.25, 0.3) is 24.3 Å². The lowest BCUT2D eigenvalue weighted by Crippen LogP contribution is -1.92. The van der Waals surface area contributed by atoms with Crippen LogP contribution in [0, 0.1) is 42.9 Å². The SMILES string of the molecule is N#Cc1ccc(/C=C\c2ccc(/C=C\c3ccc(C#N)cc3[N+](=O)[O-])cc2)c([N+](=O)[O-])c1. The molecule has 3 aromatic carbocycles. The molecule has 32 heavy (non-hydrogen) atoms. The summed E-state index contributed by atoms with van der Waals surface area (Å²) in [7, 11) is 0. The van der Waals surface area contributed by atoms with E-state index in [0.29, 0.717) is 11.1 Å². The fourth-order valence-electron chi connectivity index (χ4n) is 2.91. The molecule has 8 heteroatoms. The van der Waals surface area contributed by atoms with E-state index in [1.807, 2.05) is 12.1 Å². The number of nitro benzene ring substituents is 2. The van der Waals surface area contributed by atoms with Gasteiger partial charge in [0.25, 0.3) is 11.4 Å². The highest BCUT2D eigenvalue weighted by molar-refractivity contribution is 5.77. The predicted octanol–water partition coefficient (Wildman–Crippen LogP) is 5.59. The number of rotatable bonds is 6. The Morgan fingerprint density at radius 3 is 1.31 bits per heavy atom. The van der Waals surface area contributed by atoms with Crippen LogP contribution in [0.15, 0.2) is 60.7 Å². The van der Waals surface area contributed by atoms with Crippen LogP contribution in [0.2, 0.25) is 0 Å². The first-order chi connectivity index (χ1) is 15.4. The molecular weight excluding hydrogens is 408 g/mol. The molecule has 0 aliphatic heterocycles. The second kappa shape index (κ2) is 9.61. The van der Waals surface area contributed by atoms with Crippen LogP contribution in [0.3, 0.4) is 0 Å². The summed E-state index contributed by atoms with van der Waals surface area (Å²) in [5.74, 6) is 0. The van der Waals surface area contributed by atoms with Crippen molar-refractivity contribution in [2.75, 3.05) is 0 Å². The van der Waals surface area contributed by atoms with E-state index >= 15 is 0 Å². The lowest BCUT2D eigenvalue weighted by Gasteiger charge is -2.00. The van der Waals surface area contributed by atoms with Crippen molar-refractivity contribution in [1.29, 1.82) is 10.5 Å². The molecule has 0 aliphatic carbocycles. The number of nitro groups is 2. The van der Waals surface area contributed by atoms with Gasteiger partial charge in [-0.2, -0.15) is 10.5 Å². The van der Waals surface area contributed by atoms with Gasteiger partial charge in [-0.25, -0.2) is 0 Å². The molecule has 0 spiro atoms. The average molecular weight is 422 g/mol. The van der Waals surface area contributed by atoms with Gasteiger partial charge in [-0.15, -0.1) is 0 Å². The summed E-state index contributed by atoms with van der Waals surface area (Å²) in [5.41, 5.74) is 2.49. The van der Waals surface area contributed by atoms with Gasteiger partial charge in [0.1, 0.15) is 0 Å². The highest BCUT2D eigenvalue weighted by Gasteiger charge is 2.13. The Labute approximate surface area is 182 Å². The van der Waals surface area contributed by atoms with Crippen LogP contribution in [-0.4, -0.2) is 9.85 Å². The van der Waals surface area contributed by atoms with Gasteiger partial charge in [-0.1, -0.05) is 36.4 Å². The molecule has 0 saturated carbocycles. The minimum atomic E-state index is -0.531. The maximum atomic E-state index is 11.2. The van der Waals surface area contributed by atoms with Gasteiger partial charge in [-0.05, 0) is 47.5 Å². The van der Waals surface area contributed by atoms with Crippen LogP contribution >= 0.6 is 0 Å². The van der Waals surface area contributed by atoms with Gasteiger partial charge in [0.15, 0.2) is 0 Å². The maximum absolute atomic E-state index is 11.2. The Bertz CT molecular complexity index is 1240. The topological polar surface area (TPSA) is 134 Å². The van der Waals surface area contributed by atoms with E-state index in [4.69, 9.17) is 10.5 Å². The van der Waals surface area contributed by atoms with E-state index < -0.39 is 9.85 Å². The summed E-state index contributed by atoms with van der Waals surface area (Å²) in [6.45, 7) is 0. The fourth-order valence-corrected chi connectivity index (χ4v) is 2.91. The van der Waals surface area contributed by atoms with Crippen molar-refractivity contribution in [3.05, 3.63) is 114 Å². The molecule has 0 radical (unpaired) electrons. The van der Waals surface area contributed by atoms with Crippen molar-refractivity contribution < 1.29 is 9.85 Å². The summed E-state index contributed by atoms with van der Waals surface area (Å²) >= 11 is 0. The number of hydrogen-bond acceptors (Lipinski definition) is 6. The zero-order valence-electron chi connectivity index (χ0n) is 16.5. The molecule has 0 aliphatic rings. The second-order valence-electron chi connectivity index (χ2n) is 6.62. The third kappa shape index (κ3) is 5.09. The van der Waals surface area contributed by atoms with Crippen LogP contribution < -0.4 is 0 Å². The molecule has 0 unspecified atom stereocenters. The standard InChI is InChI=1S/C24H14N4O4/c25-15-19-7-11-21(23(13-19)27(29)30)9-5-17-1-2-18(4-3-17)6-10-22-12-8-20(16-26)14-24(22)28(31)32/h1-14H/b9-5-,10-6-. The molecule has 0 saturated heterocycles. The quantitative estimate of drug-likeness (QED) is 0.289. The van der Waals surface area contributed by atoms with Crippen LogP contribution in [0.5, 0.6) is 0 Å². The van der Waals surface area contributed by atoms with E-state index in [1.54, 1.807) is 48.6 Å². The Kier molecular flexibility index (Phi) is 6.50. The van der Waals surface area contributed by atoms with Crippen molar-refractivity contribution >= 4 is 35.7 Å². The van der Waals surface area contributed by atoms with Crippen molar-refractivity contribution in [2.24, 2.45) is 0 Å². The van der Waals surface area contributed by atoms with Crippen LogP contribution in [-0.2, 0) is 0 Å². The summed E-state index contributed by atoms with van der Waals surface area (Å²) < 4.78 is 0. The van der Waals surface area contributed by atoms with Crippen molar-refractivity contribution in [2.45, 2.75) is 0 Å². The van der Waals surface area contributed by atoms with Gasteiger partial charge in [0, 0.05) is 12.1 Å². The Balaban J connectivity index is 1.80. The first-order valence-electron chi connectivity index (χ1n) is 9.24. The molecule has 0 atom stereocenters. The van der Waals surface area contributed by atoms with Crippen LogP contribution in [0.1, 0.15) is 33.4 Å². The molecule has 3 rings (SSSR count). The molecule has 0 heterocycles. The monoisotopic (exact) mass is 422 g/mol. The third-order valence-corrected chi connectivity index (χ3v) is 4.56. The number of hydrogen-bond donors (Lipinski definition) is 0. The van der Waals surface area contributed by atoms with E-state index in [1.165, 1.54) is 36.4 Å². The number of nitrogens with zero attached hydrogens (tertiary/aromatic N) is 4. The Morgan fingerprint density at radius 1 is 0.625 bits per heavy atom. The van der Waals surface area contributed by atoms with Gasteiger partial charge >= 0.3 is 0 Å². The minimum Gasteiger partial charge on any atom is -0.258 e. The lowest BCUT2D eigenvalue weighted by atomic mass is 10.1. The van der Waals surface area contributed by atoms with Gasteiger partial charge in [-0.3, -0.25) is 20.2 Å². The molecule has 154 valence electrons. The average Bonchev–Trinajstić information content (AvgIpc) is 2.81. The van der Waals surface area contributed by atoms with Crippen molar-refractivity contribution in [3.8, 4) is 12.1 Å². The van der Waals surface area contributed by atoms with Crippen molar-refractivity contribution in [3.63, 3.8) is 0 Å². The van der Waals surface area contributed by atoms with E-state index in [2.05, 4.69) is 0 Å². The van der Waals surface area contributed by atoms with Gasteiger partial charge < -0.3 is 0 Å². The lowest BCUT2D eigenvalue weighted by molar-refractivity contribution is -0.385. The Morgan fingerprint density at radius 2 is 1.00 bits per heavy atom. The number of nitriles is 2. The van der Waals surface area contributed by atoms with E-state index in [9.17, 15) is 20.2 Å². The van der Waals surface area contributed by atoms with E-state index in [-0.39, 0.29) is 22.5 Å². The maximum Gasteiger partial charge on any atom is 0.277 e. The van der Waals surface area contributed by atoms with Crippen LogP contribution in [0.4, 0.5) is 11.4 Å². The first-order valence-corrected chi connectivity index (χ1v) is 9.24. The molecule has 0 fully saturated rings. The zero-order chi connectivity index (χ0) is 23.1. The molecule has 0 aromatic heterocycles. The van der Waals surface area contributed by atoms with Crippen molar-refractivity contribution in [1.82, 2.24) is 0 Å². The van der Waals surface area contributed by atoms with E-state index in [0.717, 1.165) is 11.1 Å². The second-order valence-corrected chi connectivity index (χ2v) is 6.62. The first kappa shape index (κ1) is 21.6. The largest absolute Gasteiger partial charge is 0.277 e. The smallest absolute Gasteiger partial charge is 0.258 e. The summed E-state index contributed by atoms with van der Waals surface area (Å²) in [4.78, 5) is 21.4. The third-order valence-electron chi connectivity index (χ3n) is 4.56. The summed E-state index contributed by atoms with van der Waals surface area (Å²) in [5, 5.41) is 40.3. The highest BCUT2D eigenvalue weighted by Crippen LogP contribution is 2.24. The molecule has 0 amide bonds. The van der Waals surface area contributed by atoms with Gasteiger partial charge in [0.05, 0.1) is 44.2 Å². The summed E-state index contributed by atoms with van der Waals surface area (Å²) in [6.07, 6.45) is 6.63. The molecule has 3 aromatic rings. The zero-order valence-corrected chi connectivity index (χ0v) is 16.5. The molecular formula is C24H14N4O4. The molecule has 0 bridgehead atoms. The minimum absolute atomic E-state index is 0.149. The highest BCUT2D eigenvalue weighted by atomic mass is 16.6. The fraction of sp³-hybridized carbons (Fsp3) is 0.